The second-order valence-corrected chi connectivity index (χ2v) is 5.63. The van der Waals surface area contributed by atoms with E-state index in [2.05, 4.69) is 25.6 Å². The van der Waals surface area contributed by atoms with Crippen LogP contribution in [0.1, 0.15) is 11.1 Å². The molecule has 1 amide bonds. The molecule has 27 heavy (non-hydrogen) atoms. The van der Waals surface area contributed by atoms with Gasteiger partial charge in [0.1, 0.15) is 5.75 Å². The molecule has 136 valence electrons. The Kier molecular flexibility index (Phi) is 5.36. The lowest BCUT2D eigenvalue weighted by Gasteiger charge is -2.17. The Morgan fingerprint density at radius 3 is 2.78 bits per heavy atom. The van der Waals surface area contributed by atoms with Crippen LogP contribution >= 0.6 is 0 Å². The number of pyridine rings is 1. The second kappa shape index (κ2) is 8.05. The van der Waals surface area contributed by atoms with Crippen LogP contribution in [-0.4, -0.2) is 36.0 Å². The topological polar surface area (TPSA) is 112 Å². The van der Waals surface area contributed by atoms with E-state index < -0.39 is 0 Å². The van der Waals surface area contributed by atoms with E-state index in [-0.39, 0.29) is 11.7 Å². The minimum Gasteiger partial charge on any atom is -0.438 e. The van der Waals surface area contributed by atoms with E-state index >= 15 is 0 Å². The zero-order valence-electron chi connectivity index (χ0n) is 14.9. The molecule has 2 aromatic rings. The van der Waals surface area contributed by atoms with Gasteiger partial charge in [-0.05, 0) is 30.7 Å². The highest BCUT2D eigenvalue weighted by atomic mass is 16.5. The van der Waals surface area contributed by atoms with Crippen molar-refractivity contribution < 1.29 is 9.53 Å². The van der Waals surface area contributed by atoms with E-state index in [4.69, 9.17) is 10.1 Å². The second-order valence-electron chi connectivity index (χ2n) is 5.63. The first-order valence-electron chi connectivity index (χ1n) is 8.15. The Morgan fingerprint density at radius 2 is 2.07 bits per heavy atom. The fraction of sp³-hybridized carbons (Fsp3) is 0.105. The summed E-state index contributed by atoms with van der Waals surface area (Å²) >= 11 is 0. The van der Waals surface area contributed by atoms with Gasteiger partial charge in [0.05, 0.1) is 5.57 Å². The summed E-state index contributed by atoms with van der Waals surface area (Å²) in [5.74, 6) is 1.07. The molecular weight excluding hydrogens is 344 g/mol. The van der Waals surface area contributed by atoms with Crippen LogP contribution in [0.4, 0.5) is 5.69 Å². The van der Waals surface area contributed by atoms with Gasteiger partial charge in [-0.1, -0.05) is 6.07 Å². The summed E-state index contributed by atoms with van der Waals surface area (Å²) in [6.45, 7) is 1.88. The van der Waals surface area contributed by atoms with Gasteiger partial charge in [0.25, 0.3) is 0 Å². The van der Waals surface area contributed by atoms with Crippen LogP contribution in [0.3, 0.4) is 0 Å². The number of aryl methyl sites for hydroxylation is 1. The number of benzene rings is 1. The zero-order chi connectivity index (χ0) is 19.2. The molecule has 3 rings (SSSR count). The van der Waals surface area contributed by atoms with E-state index in [0.717, 1.165) is 5.56 Å². The highest BCUT2D eigenvalue weighted by molar-refractivity contribution is 6.30. The van der Waals surface area contributed by atoms with Crippen molar-refractivity contribution in [3.05, 3.63) is 65.6 Å². The quantitative estimate of drug-likeness (QED) is 0.708. The standard InChI is InChI=1S/C19H18N6O2/c1-12-5-6-14(8-16(12)23-11-26)27-19-15(10-21-2)17(20)24-18(25-19)13-4-3-7-22-9-13/h3-11,20-21H,1-2H3,(H,23,26)/b15-10+,20-17?. The number of aliphatic imine (C=N–C) groups is 2. The predicted molar refractivity (Wildman–Crippen MR) is 105 cm³/mol. The van der Waals surface area contributed by atoms with Gasteiger partial charge in [0.15, 0.2) is 11.7 Å². The van der Waals surface area contributed by atoms with E-state index in [0.29, 0.717) is 34.8 Å². The molecule has 8 nitrogen and oxygen atoms in total. The molecule has 0 radical (unpaired) electrons. The van der Waals surface area contributed by atoms with Crippen LogP contribution in [0.25, 0.3) is 0 Å². The van der Waals surface area contributed by atoms with E-state index in [1.807, 2.05) is 19.1 Å². The average Bonchev–Trinajstić information content (AvgIpc) is 2.68. The van der Waals surface area contributed by atoms with Gasteiger partial charge in [-0.2, -0.15) is 4.99 Å². The lowest BCUT2D eigenvalue weighted by molar-refractivity contribution is -0.105. The fourth-order valence-corrected chi connectivity index (χ4v) is 2.42. The van der Waals surface area contributed by atoms with Crippen molar-refractivity contribution in [2.24, 2.45) is 9.98 Å². The monoisotopic (exact) mass is 362 g/mol. The molecule has 1 aliphatic rings. The van der Waals surface area contributed by atoms with Gasteiger partial charge in [0, 0.05) is 43.0 Å². The van der Waals surface area contributed by atoms with Gasteiger partial charge >= 0.3 is 0 Å². The summed E-state index contributed by atoms with van der Waals surface area (Å²) in [6, 6.07) is 8.87. The molecule has 0 spiro atoms. The minimum atomic E-state index is 0.0200. The number of rotatable bonds is 5. The number of nitrogens with one attached hydrogen (secondary N) is 3. The van der Waals surface area contributed by atoms with Crippen LogP contribution < -0.4 is 15.4 Å². The number of hydrogen-bond acceptors (Lipinski definition) is 6. The largest absolute Gasteiger partial charge is 0.438 e. The Morgan fingerprint density at radius 1 is 1.22 bits per heavy atom. The maximum absolute atomic E-state index is 10.8. The lowest BCUT2D eigenvalue weighted by atomic mass is 10.1. The third-order valence-electron chi connectivity index (χ3n) is 3.76. The summed E-state index contributed by atoms with van der Waals surface area (Å²) in [6.07, 6.45) is 5.49. The molecule has 0 atom stereocenters. The van der Waals surface area contributed by atoms with Crippen molar-refractivity contribution in [2.75, 3.05) is 12.4 Å². The number of amides is 1. The first kappa shape index (κ1) is 18.0. The van der Waals surface area contributed by atoms with Crippen molar-refractivity contribution in [1.82, 2.24) is 10.3 Å². The maximum Gasteiger partial charge on any atom is 0.233 e. The molecule has 0 saturated carbocycles. The number of aromatic nitrogens is 1. The molecular formula is C19H18N6O2. The first-order valence-corrected chi connectivity index (χ1v) is 8.15. The molecule has 0 unspecified atom stereocenters. The van der Waals surface area contributed by atoms with Crippen molar-refractivity contribution in [2.45, 2.75) is 6.92 Å². The number of amidine groups is 2. The van der Waals surface area contributed by atoms with Crippen LogP contribution in [0.5, 0.6) is 5.75 Å². The molecule has 2 heterocycles. The van der Waals surface area contributed by atoms with Crippen molar-refractivity contribution >= 4 is 29.7 Å². The summed E-state index contributed by atoms with van der Waals surface area (Å²) in [5.41, 5.74) is 2.63. The number of nitrogens with zero attached hydrogens (tertiary/aromatic N) is 3. The number of anilines is 1. The van der Waals surface area contributed by atoms with Gasteiger partial charge in [-0.25, -0.2) is 4.99 Å². The Labute approximate surface area is 156 Å². The van der Waals surface area contributed by atoms with Crippen LogP contribution in [-0.2, 0) is 4.79 Å². The molecule has 0 aliphatic carbocycles. The van der Waals surface area contributed by atoms with E-state index in [1.165, 1.54) is 0 Å². The molecule has 1 aromatic carbocycles. The summed E-state index contributed by atoms with van der Waals surface area (Å²) in [5, 5.41) is 13.7. The van der Waals surface area contributed by atoms with Gasteiger partial charge in [-0.15, -0.1) is 0 Å². The van der Waals surface area contributed by atoms with Crippen molar-refractivity contribution in [3.63, 3.8) is 0 Å². The Balaban J connectivity index is 1.99. The van der Waals surface area contributed by atoms with E-state index in [9.17, 15) is 4.79 Å². The van der Waals surface area contributed by atoms with Crippen molar-refractivity contribution in [3.8, 4) is 5.75 Å². The van der Waals surface area contributed by atoms with Gasteiger partial charge < -0.3 is 15.4 Å². The smallest absolute Gasteiger partial charge is 0.233 e. The molecule has 3 N–H and O–H groups in total. The van der Waals surface area contributed by atoms with Gasteiger partial charge in [0.2, 0.25) is 12.3 Å². The third kappa shape index (κ3) is 4.06. The molecule has 1 aliphatic heterocycles. The summed E-state index contributed by atoms with van der Waals surface area (Å²) in [7, 11) is 1.72. The molecule has 1 aromatic heterocycles. The number of ether oxygens (including phenoxy) is 1. The molecule has 8 heteroatoms. The normalized spacial score (nSPS) is 15.0. The SMILES string of the molecule is CN/C=C1\C(=N)N=C(c2cccnc2)N=C1Oc1ccc(C)c(NC=O)c1. The number of hydrogen-bond donors (Lipinski definition) is 3. The van der Waals surface area contributed by atoms with Crippen LogP contribution in [0, 0.1) is 12.3 Å². The zero-order valence-corrected chi connectivity index (χ0v) is 14.9. The average molecular weight is 362 g/mol. The third-order valence-corrected chi connectivity index (χ3v) is 3.76. The summed E-state index contributed by atoms with van der Waals surface area (Å²) in [4.78, 5) is 23.5. The molecule has 0 bridgehead atoms. The van der Waals surface area contributed by atoms with Crippen LogP contribution in [0.2, 0.25) is 0 Å². The highest BCUT2D eigenvalue weighted by Crippen LogP contribution is 2.24. The molecule has 0 saturated heterocycles. The van der Waals surface area contributed by atoms with Crippen LogP contribution in [0.15, 0.2) is 64.5 Å². The lowest BCUT2D eigenvalue weighted by Crippen LogP contribution is -2.26. The Bertz CT molecular complexity index is 963. The van der Waals surface area contributed by atoms with E-state index in [1.54, 1.807) is 43.8 Å². The minimum absolute atomic E-state index is 0.0200. The first-order chi connectivity index (χ1) is 13.1. The predicted octanol–water partition coefficient (Wildman–Crippen LogP) is 2.28. The maximum atomic E-state index is 10.8. The number of carbonyl (C=O) groups is 1. The van der Waals surface area contributed by atoms with Gasteiger partial charge in [-0.3, -0.25) is 15.2 Å². The number of carbonyl (C=O) groups excluding carboxylic acids is 1. The Hall–Kier alpha value is -3.81. The highest BCUT2D eigenvalue weighted by Gasteiger charge is 2.22. The van der Waals surface area contributed by atoms with Crippen molar-refractivity contribution in [1.29, 1.82) is 5.41 Å². The molecule has 0 fully saturated rings. The fourth-order valence-electron chi connectivity index (χ4n) is 2.42. The summed E-state index contributed by atoms with van der Waals surface area (Å²) < 4.78 is 5.93.